The van der Waals surface area contributed by atoms with Gasteiger partial charge in [-0.05, 0) is 0 Å². The van der Waals surface area contributed by atoms with Crippen molar-refractivity contribution in [2.75, 3.05) is 26.3 Å². The van der Waals surface area contributed by atoms with Gasteiger partial charge in [-0.3, -0.25) is 14.6 Å². The Morgan fingerprint density at radius 1 is 1.50 bits per heavy atom. The van der Waals surface area contributed by atoms with Gasteiger partial charge in [-0.1, -0.05) is 0 Å². The molecule has 1 fully saturated rings. The molecule has 0 radical (unpaired) electrons. The fourth-order valence-electron chi connectivity index (χ4n) is 1.77. The van der Waals surface area contributed by atoms with Gasteiger partial charge in [-0.2, -0.15) is 0 Å². The summed E-state index contributed by atoms with van der Waals surface area (Å²) in [5.74, 6) is -0.458. The first-order chi connectivity index (χ1) is 8.60. The molecule has 8 heteroatoms. The van der Waals surface area contributed by atoms with Crippen molar-refractivity contribution < 1.29 is 14.6 Å². The number of hydrogen-bond acceptors (Lipinski definition) is 5. The quantitative estimate of drug-likeness (QED) is 0.559. The lowest BCUT2D eigenvalue weighted by atomic mass is 10.2. The van der Waals surface area contributed by atoms with E-state index < -0.39 is 23.3 Å². The molecule has 8 nitrogen and oxygen atoms in total. The Morgan fingerprint density at radius 2 is 2.28 bits per heavy atom. The first-order valence-corrected chi connectivity index (χ1v) is 5.45. The number of amides is 1. The number of H-pyrrole nitrogens is 2. The van der Waals surface area contributed by atoms with Gasteiger partial charge in [-0.15, -0.1) is 0 Å². The Balaban J connectivity index is 2.20. The minimum Gasteiger partial charge on any atom is -0.394 e. The lowest BCUT2D eigenvalue weighted by Gasteiger charge is -2.31. The van der Waals surface area contributed by atoms with Crippen molar-refractivity contribution in [3.63, 3.8) is 0 Å². The highest BCUT2D eigenvalue weighted by molar-refractivity contribution is 5.92. The van der Waals surface area contributed by atoms with E-state index in [2.05, 4.69) is 4.98 Å². The van der Waals surface area contributed by atoms with Crippen LogP contribution in [0.15, 0.2) is 15.7 Å². The average molecular weight is 255 g/mol. The van der Waals surface area contributed by atoms with E-state index in [1.54, 1.807) is 0 Å². The monoisotopic (exact) mass is 255 g/mol. The van der Waals surface area contributed by atoms with E-state index in [0.717, 1.165) is 6.07 Å². The SMILES string of the molecule is O=C(c1cc(=O)[nH]c(=O)[nH]1)N1CCOC(CO)C1. The van der Waals surface area contributed by atoms with Crippen LogP contribution in [0.4, 0.5) is 0 Å². The highest BCUT2D eigenvalue weighted by Gasteiger charge is 2.25. The third kappa shape index (κ3) is 2.66. The number of carbonyl (C=O) groups excluding carboxylic acids is 1. The van der Waals surface area contributed by atoms with Crippen LogP contribution in [0.25, 0.3) is 0 Å². The molecule has 0 aromatic carbocycles. The van der Waals surface area contributed by atoms with Crippen molar-refractivity contribution in [2.24, 2.45) is 0 Å². The molecule has 0 spiro atoms. The molecule has 1 aliphatic heterocycles. The van der Waals surface area contributed by atoms with Crippen LogP contribution in [0, 0.1) is 0 Å². The van der Waals surface area contributed by atoms with Crippen LogP contribution in [0.5, 0.6) is 0 Å². The van der Waals surface area contributed by atoms with Gasteiger partial charge in [0.15, 0.2) is 0 Å². The molecule has 1 unspecified atom stereocenters. The summed E-state index contributed by atoms with van der Waals surface area (Å²) in [6.07, 6.45) is -0.434. The van der Waals surface area contributed by atoms with Gasteiger partial charge >= 0.3 is 5.69 Å². The maximum Gasteiger partial charge on any atom is 0.326 e. The second kappa shape index (κ2) is 5.15. The molecule has 1 saturated heterocycles. The first kappa shape index (κ1) is 12.5. The number of aromatic nitrogens is 2. The summed E-state index contributed by atoms with van der Waals surface area (Å²) in [6, 6.07) is 1.03. The normalized spacial score (nSPS) is 19.8. The number of nitrogens with zero attached hydrogens (tertiary/aromatic N) is 1. The van der Waals surface area contributed by atoms with Gasteiger partial charge in [0, 0.05) is 19.2 Å². The largest absolute Gasteiger partial charge is 0.394 e. The number of aromatic amines is 2. The Bertz CT molecular complexity index is 521. The number of rotatable bonds is 2. The maximum absolute atomic E-state index is 12.0. The standard InChI is InChI=1S/C10H13N3O5/c14-5-6-4-13(1-2-18-6)9(16)7-3-8(15)12-10(17)11-7/h3,6,14H,1-2,4-5H2,(H2,11,12,15,17). The molecule has 18 heavy (non-hydrogen) atoms. The summed E-state index contributed by atoms with van der Waals surface area (Å²) in [4.78, 5) is 39.9. The zero-order chi connectivity index (χ0) is 13.1. The third-order valence-corrected chi connectivity index (χ3v) is 2.62. The van der Waals surface area contributed by atoms with Crippen molar-refractivity contribution in [1.29, 1.82) is 0 Å². The lowest BCUT2D eigenvalue weighted by Crippen LogP contribution is -2.47. The van der Waals surface area contributed by atoms with E-state index in [0.29, 0.717) is 13.2 Å². The summed E-state index contributed by atoms with van der Waals surface area (Å²) in [7, 11) is 0. The number of carbonyl (C=O) groups is 1. The zero-order valence-corrected chi connectivity index (χ0v) is 9.51. The molecule has 0 bridgehead atoms. The lowest BCUT2D eigenvalue weighted by molar-refractivity contribution is -0.0448. The molecule has 3 N–H and O–H groups in total. The Morgan fingerprint density at radius 3 is 2.94 bits per heavy atom. The highest BCUT2D eigenvalue weighted by atomic mass is 16.5. The van der Waals surface area contributed by atoms with Gasteiger partial charge in [0.1, 0.15) is 5.69 Å². The van der Waals surface area contributed by atoms with E-state index in [1.807, 2.05) is 4.98 Å². The fraction of sp³-hybridized carbons (Fsp3) is 0.500. The van der Waals surface area contributed by atoms with Crippen molar-refractivity contribution in [1.82, 2.24) is 14.9 Å². The molecule has 0 saturated carbocycles. The van der Waals surface area contributed by atoms with Gasteiger partial charge in [0.2, 0.25) is 0 Å². The predicted molar refractivity (Wildman–Crippen MR) is 60.4 cm³/mol. The van der Waals surface area contributed by atoms with Gasteiger partial charge in [0.25, 0.3) is 11.5 Å². The van der Waals surface area contributed by atoms with E-state index in [4.69, 9.17) is 9.84 Å². The van der Waals surface area contributed by atoms with Crippen molar-refractivity contribution >= 4 is 5.91 Å². The maximum atomic E-state index is 12.0. The molecule has 2 rings (SSSR count). The summed E-state index contributed by atoms with van der Waals surface area (Å²) >= 11 is 0. The Kier molecular flexibility index (Phi) is 3.58. The van der Waals surface area contributed by atoms with Gasteiger partial charge < -0.3 is 19.7 Å². The third-order valence-electron chi connectivity index (χ3n) is 2.62. The molecular formula is C10H13N3O5. The molecule has 1 aromatic heterocycles. The van der Waals surface area contributed by atoms with Crippen LogP contribution in [0.3, 0.4) is 0 Å². The van der Waals surface area contributed by atoms with E-state index in [9.17, 15) is 14.4 Å². The Labute approximate surface area is 101 Å². The average Bonchev–Trinajstić information content (AvgIpc) is 2.37. The molecule has 98 valence electrons. The number of morpholine rings is 1. The van der Waals surface area contributed by atoms with Crippen LogP contribution in [0.2, 0.25) is 0 Å². The predicted octanol–water partition coefficient (Wildman–Crippen LogP) is -2.10. The number of aliphatic hydroxyl groups excluding tert-OH is 1. The fourth-order valence-corrected chi connectivity index (χ4v) is 1.77. The van der Waals surface area contributed by atoms with E-state index in [1.165, 1.54) is 4.90 Å². The number of nitrogens with one attached hydrogen (secondary N) is 2. The topological polar surface area (TPSA) is 115 Å². The zero-order valence-electron chi connectivity index (χ0n) is 9.51. The van der Waals surface area contributed by atoms with Crippen molar-refractivity contribution in [3.8, 4) is 0 Å². The Hall–Kier alpha value is -1.93. The number of aliphatic hydroxyl groups is 1. The minimum absolute atomic E-state index is 0.0673. The van der Waals surface area contributed by atoms with Crippen molar-refractivity contribution in [3.05, 3.63) is 32.6 Å². The second-order valence-corrected chi connectivity index (χ2v) is 3.93. The summed E-state index contributed by atoms with van der Waals surface area (Å²) in [5.41, 5.74) is -1.42. The smallest absolute Gasteiger partial charge is 0.326 e. The number of hydrogen-bond donors (Lipinski definition) is 3. The van der Waals surface area contributed by atoms with Crippen LogP contribution in [0.1, 0.15) is 10.5 Å². The first-order valence-electron chi connectivity index (χ1n) is 5.45. The highest BCUT2D eigenvalue weighted by Crippen LogP contribution is 2.07. The number of ether oxygens (including phenoxy) is 1. The second-order valence-electron chi connectivity index (χ2n) is 3.93. The molecule has 1 aliphatic rings. The molecule has 1 amide bonds. The van der Waals surface area contributed by atoms with Crippen LogP contribution < -0.4 is 11.2 Å². The van der Waals surface area contributed by atoms with Crippen LogP contribution in [-0.2, 0) is 4.74 Å². The summed E-state index contributed by atoms with van der Waals surface area (Å²) in [5, 5.41) is 8.97. The van der Waals surface area contributed by atoms with Crippen LogP contribution >= 0.6 is 0 Å². The van der Waals surface area contributed by atoms with Crippen LogP contribution in [-0.4, -0.2) is 58.3 Å². The molecule has 0 aliphatic carbocycles. The molecular weight excluding hydrogens is 242 g/mol. The van der Waals surface area contributed by atoms with Gasteiger partial charge in [-0.25, -0.2) is 4.79 Å². The van der Waals surface area contributed by atoms with Gasteiger partial charge in [0.05, 0.1) is 19.3 Å². The molecule has 1 atom stereocenters. The molecule has 2 heterocycles. The van der Waals surface area contributed by atoms with Crippen molar-refractivity contribution in [2.45, 2.75) is 6.10 Å². The van der Waals surface area contributed by atoms with E-state index >= 15 is 0 Å². The summed E-state index contributed by atoms with van der Waals surface area (Å²) < 4.78 is 5.21. The van der Waals surface area contributed by atoms with E-state index in [-0.39, 0.29) is 18.8 Å². The minimum atomic E-state index is -0.724. The molecule has 1 aromatic rings. The summed E-state index contributed by atoms with van der Waals surface area (Å²) in [6.45, 7) is 0.703.